The van der Waals surface area contributed by atoms with E-state index in [1.807, 2.05) is 58.9 Å². The minimum Gasteiger partial charge on any atom is -0.481 e. The number of carboxylic acids is 1. The number of hydrogen-bond donors (Lipinski definition) is 2. The second-order valence-corrected chi connectivity index (χ2v) is 26.7. The van der Waals surface area contributed by atoms with Gasteiger partial charge >= 0.3 is 23.9 Å². The first kappa shape index (κ1) is 69.8. The van der Waals surface area contributed by atoms with E-state index in [-0.39, 0.29) is 122 Å². The molecule has 0 aromatic heterocycles. The zero-order chi connectivity index (χ0) is 63.0. The minimum atomic E-state index is -0.971. The molecule has 0 spiro atoms. The predicted octanol–water partition coefficient (Wildman–Crippen LogP) is 9.29. The standard InChI is InChI=1S/C30H29O5S.C22H20O3S.C8H17N3.C8H10O3.B4H3.ClH/c1-18-13-23(36(21-9-5-3-6-10-21)22-11-7-4-8-12-22)14-19(2)27(18)33-17-26(31)34-28-20-15-24-25(16-20)30(32)35-29(24)28;1-16-13-20(14-17(2)22(16)25-15-21(23)24)26(18-9-5-3-6-10-18)19-11-7-4-8-12-19;1-4-9-8-10-6-5-7-11(2)3;9-6-3-1-4-5(2-3)8(10)11-7(4)6;1-4(2)3;/h3-14,20,24-25,28-29H,15-17H2,1-2H3;3-14H,15H2,1-2H3;4-7H2,1-3H3;3-7,9H,1-2H2;1H3;1H/q+1;;;;-1;/p+1. The van der Waals surface area contributed by atoms with Crippen molar-refractivity contribution in [2.24, 2.45) is 45.5 Å². The van der Waals surface area contributed by atoms with Crippen molar-refractivity contribution in [1.82, 2.24) is 4.90 Å². The Morgan fingerprint density at radius 2 is 1.03 bits per heavy atom. The van der Waals surface area contributed by atoms with E-state index in [0.717, 1.165) is 74.0 Å². The predicted molar refractivity (Wildman–Crippen MR) is 358 cm³/mol. The molecule has 10 unspecified atom stereocenters. The monoisotopic (exact) mass is 1260 g/mol. The number of hydrogen-bond acceptors (Lipinski definition) is 13. The molecular weight excluding hydrogens is 1180 g/mol. The quantitative estimate of drug-likeness (QED) is 0.0208. The average molecular weight is 1260 g/mol. The Kier molecular flexibility index (Phi) is 26.2. The van der Waals surface area contributed by atoms with Gasteiger partial charge in [0.1, 0.15) is 29.8 Å². The molecule has 4 saturated carbocycles. The Bertz CT molecular complexity index is 3250. The van der Waals surface area contributed by atoms with Gasteiger partial charge in [-0.15, -0.1) is 18.8 Å². The van der Waals surface area contributed by atoms with E-state index < -0.39 is 11.9 Å². The molecule has 0 amide bonds. The summed E-state index contributed by atoms with van der Waals surface area (Å²) in [6.07, 6.45) is 3.59. The number of esters is 3. The van der Waals surface area contributed by atoms with Crippen molar-refractivity contribution in [2.75, 3.05) is 46.9 Å². The Morgan fingerprint density at radius 3 is 1.43 bits per heavy atom. The fourth-order valence-corrected chi connectivity index (χ4v) is 17.2. The summed E-state index contributed by atoms with van der Waals surface area (Å²) in [5, 5.41) is 18.4. The van der Waals surface area contributed by atoms with Gasteiger partial charge in [-0.1, -0.05) is 80.5 Å². The van der Waals surface area contributed by atoms with Gasteiger partial charge in [0.2, 0.25) is 0 Å². The number of rotatable bonds is 18. The van der Waals surface area contributed by atoms with Crippen LogP contribution in [0.25, 0.3) is 0 Å². The molecule has 2 N–H and O–H groups in total. The maximum Gasteiger partial charge on any atom is 0.344 e. The van der Waals surface area contributed by atoms with Gasteiger partial charge in [0.05, 0.1) is 52.3 Å². The fourth-order valence-electron chi connectivity index (χ4n) is 12.6. The zero-order valence-electron chi connectivity index (χ0n) is 51.1. The van der Waals surface area contributed by atoms with Gasteiger partial charge in [0, 0.05) is 48.6 Å². The van der Waals surface area contributed by atoms with Crippen LogP contribution in [-0.2, 0) is 55.2 Å². The average Bonchev–Trinajstić information content (AvgIpc) is 1.63. The van der Waals surface area contributed by atoms with Gasteiger partial charge in [-0.3, -0.25) is 9.59 Å². The number of carbonyl (C=O) groups is 4. The summed E-state index contributed by atoms with van der Waals surface area (Å²) in [4.78, 5) is 64.0. The molecule has 6 aliphatic rings. The number of carbonyl (C=O) groups excluding carboxylic acids is 3. The molecule has 89 heavy (non-hydrogen) atoms. The topological polar surface area (TPSA) is 183 Å². The van der Waals surface area contributed by atoms with Crippen molar-refractivity contribution in [2.45, 2.75) is 121 Å². The lowest BCUT2D eigenvalue weighted by molar-refractivity contribution is -0.163. The maximum atomic E-state index is 12.7. The number of aryl methyl sites for hydroxylation is 4. The first-order valence-corrected chi connectivity index (χ1v) is 32.1. The lowest BCUT2D eigenvalue weighted by atomic mass is 9.08. The largest absolute Gasteiger partial charge is 0.481 e. The fraction of sp³-hybridized carbons (Fsp3) is 0.397. The highest BCUT2D eigenvalue weighted by Crippen LogP contribution is 2.56. The van der Waals surface area contributed by atoms with Crippen LogP contribution in [0.15, 0.2) is 185 Å². The number of benzene rings is 6. The number of halogens is 1. The number of nitrogens with zero attached hydrogens (tertiary/aromatic N) is 3. The second-order valence-electron chi connectivity index (χ2n) is 22.7. The summed E-state index contributed by atoms with van der Waals surface area (Å²) in [5.41, 5.74) is 3.86. The number of aliphatic imine (C=N–C) groups is 2. The molecule has 6 aromatic carbocycles. The molecule has 2 saturated heterocycles. The van der Waals surface area contributed by atoms with Crippen LogP contribution in [0.2, 0.25) is 0 Å². The van der Waals surface area contributed by atoms with Crippen molar-refractivity contribution in [3.63, 3.8) is 0 Å². The smallest absolute Gasteiger partial charge is 0.344 e. The van der Waals surface area contributed by atoms with Crippen LogP contribution in [0.3, 0.4) is 0 Å². The highest BCUT2D eigenvalue weighted by Gasteiger charge is 2.63. The molecule has 4 aliphatic carbocycles. The number of aliphatic hydroxyl groups excluding tert-OH is 1. The summed E-state index contributed by atoms with van der Waals surface area (Å²) in [7, 11) is 13.9. The van der Waals surface area contributed by atoms with E-state index in [2.05, 4.69) is 156 Å². The van der Waals surface area contributed by atoms with Crippen LogP contribution >= 0.6 is 12.4 Å². The first-order chi connectivity index (χ1) is 42.3. The van der Waals surface area contributed by atoms with Crippen molar-refractivity contribution >= 4 is 93.7 Å². The molecule has 4 radical (unpaired) electrons. The third-order valence-corrected chi connectivity index (χ3v) is 20.6. The van der Waals surface area contributed by atoms with Gasteiger partial charge in [-0.25, -0.2) is 19.6 Å². The summed E-state index contributed by atoms with van der Waals surface area (Å²) >= 11 is 0. The molecule has 464 valence electrons. The van der Waals surface area contributed by atoms with Gasteiger partial charge in [-0.05, 0) is 180 Å². The summed E-state index contributed by atoms with van der Waals surface area (Å²) in [5.74, 6) is 1.05. The number of aliphatic hydroxyl groups is 1. The van der Waals surface area contributed by atoms with Gasteiger partial charge in [0.15, 0.2) is 42.6 Å². The summed E-state index contributed by atoms with van der Waals surface area (Å²) in [6, 6.07) is 53.1. The van der Waals surface area contributed by atoms with Crippen molar-refractivity contribution < 1.29 is 53.1 Å². The Labute approximate surface area is 540 Å². The first-order valence-electron chi connectivity index (χ1n) is 29.7. The highest BCUT2D eigenvalue weighted by atomic mass is 35.5. The number of aliphatic carboxylic acids is 1. The van der Waals surface area contributed by atoms with Gasteiger partial charge in [-0.2, -0.15) is 0 Å². The molecule has 2 heterocycles. The van der Waals surface area contributed by atoms with Crippen molar-refractivity contribution in [3.8, 4) is 11.5 Å². The molecule has 2 aliphatic heterocycles. The van der Waals surface area contributed by atoms with E-state index in [9.17, 15) is 24.3 Å². The van der Waals surface area contributed by atoms with E-state index in [1.165, 1.54) is 29.4 Å². The molecule has 14 nitrogen and oxygen atoms in total. The van der Waals surface area contributed by atoms with Crippen LogP contribution in [0.4, 0.5) is 0 Å². The Hall–Kier alpha value is -6.65. The third kappa shape index (κ3) is 18.3. The van der Waals surface area contributed by atoms with Crippen LogP contribution in [0, 0.1) is 63.2 Å². The molecule has 12 rings (SSSR count). The van der Waals surface area contributed by atoms with E-state index >= 15 is 0 Å². The Morgan fingerprint density at radius 1 is 0.640 bits per heavy atom. The zero-order valence-corrected chi connectivity index (χ0v) is 53.5. The van der Waals surface area contributed by atoms with Crippen LogP contribution in [0.5, 0.6) is 11.5 Å². The lowest BCUT2D eigenvalue weighted by Crippen LogP contribution is -2.37. The molecule has 6 aromatic rings. The Balaban J connectivity index is 0.000000184. The number of fused-ring (bicyclic) bond motifs is 2. The van der Waals surface area contributed by atoms with E-state index in [4.69, 9.17) is 44.3 Å². The summed E-state index contributed by atoms with van der Waals surface area (Å²) < 4.78 is 27.8. The number of ether oxygens (including phenoxy) is 5. The van der Waals surface area contributed by atoms with Gasteiger partial charge < -0.3 is 38.8 Å². The van der Waals surface area contributed by atoms with Gasteiger partial charge in [0.25, 0.3) is 0 Å². The highest BCUT2D eigenvalue weighted by molar-refractivity contribution is 7.97. The van der Waals surface area contributed by atoms with E-state index in [1.54, 1.807) is 0 Å². The molecule has 21 heteroatoms. The SMILES string of the molecule is CCN=C=NCCCN(C)C.Cc1cc([S+](c2ccccc2)c2ccccc2)cc(C)c1OCC(=O)O.Cc1cc([S+](c2ccccc2)c2ccccc2)cc(C)c1OCC(=O)OC1C2CC3C(=O)OC1C3C2.Cl.O=C1OC2C(O)C3CC1C2C3.[B]B([B])[BH3-]. The molecule has 10 atom stereocenters. The maximum absolute atomic E-state index is 12.7. The summed E-state index contributed by atoms with van der Waals surface area (Å²) in [6.45, 7) is 12.1. The molecular formula is C68H81B4ClN3O11S2+. The molecule has 6 fully saturated rings. The number of carboxylic acid groups (broad SMARTS) is 1. The second kappa shape index (κ2) is 33.4. The molecule has 4 bridgehead atoms. The lowest BCUT2D eigenvalue weighted by Gasteiger charge is -2.25. The minimum absolute atomic E-state index is 0. The third-order valence-electron chi connectivity index (χ3n) is 16.2. The van der Waals surface area contributed by atoms with Crippen LogP contribution in [0.1, 0.15) is 61.3 Å². The van der Waals surface area contributed by atoms with E-state index in [0.29, 0.717) is 23.3 Å². The van der Waals surface area contributed by atoms with Crippen molar-refractivity contribution in [3.05, 3.63) is 168 Å². The normalized spacial score (nSPS) is 22.2. The van der Waals surface area contributed by atoms with Crippen molar-refractivity contribution in [1.29, 1.82) is 0 Å². The van der Waals surface area contributed by atoms with Crippen LogP contribution in [-0.4, -0.2) is 146 Å². The van der Waals surface area contributed by atoms with Crippen LogP contribution < -0.4 is 9.47 Å².